The highest BCUT2D eigenvalue weighted by Gasteiger charge is 2.71. The molecule has 5 rings (SSSR count). The number of hydrogen-bond donors (Lipinski definition) is 0. The maximum Gasteiger partial charge on any atom is 0.240 e. The Bertz CT molecular complexity index is 1380. The molecule has 3 aliphatic rings. The Morgan fingerprint density at radius 2 is 1.69 bits per heavy atom. The van der Waals surface area contributed by atoms with Crippen molar-refractivity contribution in [3.05, 3.63) is 53.6 Å². The molecule has 0 unspecified atom stereocenters. The Kier molecular flexibility index (Phi) is 5.09. The Morgan fingerprint density at radius 1 is 1.06 bits per heavy atom. The number of fused-ring (bicyclic) bond motifs is 5. The highest BCUT2D eigenvalue weighted by Crippen LogP contribution is 2.56. The molecule has 2 aromatic rings. The minimum absolute atomic E-state index is 0.119. The monoisotopic (exact) mass is 497 g/mol. The lowest BCUT2D eigenvalue weighted by atomic mass is 9.79. The molecule has 3 aliphatic heterocycles. The van der Waals surface area contributed by atoms with E-state index >= 15 is 0 Å². The maximum atomic E-state index is 13.6. The largest absolute Gasteiger partial charge is 0.366 e. The average Bonchev–Trinajstić information content (AvgIpc) is 3.18. The molecule has 3 heterocycles. The summed E-state index contributed by atoms with van der Waals surface area (Å²) in [4.78, 5) is 30.5. The Labute approximate surface area is 202 Å². The number of anilines is 2. The number of amides is 2. The Morgan fingerprint density at radius 3 is 2.23 bits per heavy atom. The van der Waals surface area contributed by atoms with E-state index in [9.17, 15) is 27.7 Å². The molecule has 8 nitrogen and oxygen atoms in total. The first-order valence-corrected chi connectivity index (χ1v) is 13.0. The van der Waals surface area contributed by atoms with Crippen molar-refractivity contribution in [1.29, 1.82) is 5.26 Å². The number of carbonyl (C=O) groups is 2. The summed E-state index contributed by atoms with van der Waals surface area (Å²) in [6.45, 7) is 3.27. The maximum absolute atomic E-state index is 13.6. The van der Waals surface area contributed by atoms with Crippen molar-refractivity contribution in [3.63, 3.8) is 0 Å². The summed E-state index contributed by atoms with van der Waals surface area (Å²) in [7, 11) is -3.41. The average molecular weight is 498 g/mol. The molecule has 35 heavy (non-hydrogen) atoms. The van der Waals surface area contributed by atoms with Crippen molar-refractivity contribution in [2.45, 2.75) is 36.6 Å². The van der Waals surface area contributed by atoms with E-state index in [4.69, 9.17) is 4.74 Å². The van der Waals surface area contributed by atoms with E-state index in [0.717, 1.165) is 11.2 Å². The number of benzene rings is 2. The van der Waals surface area contributed by atoms with Crippen LogP contribution in [0.3, 0.4) is 0 Å². The molecule has 2 bridgehead atoms. The van der Waals surface area contributed by atoms with Crippen LogP contribution in [-0.2, 0) is 30.8 Å². The highest BCUT2D eigenvalue weighted by molar-refractivity contribution is 7.90. The molecular formula is C25H24FN3O5S. The fourth-order valence-electron chi connectivity index (χ4n) is 5.92. The number of halogens is 1. The van der Waals surface area contributed by atoms with Crippen LogP contribution in [0.5, 0.6) is 0 Å². The zero-order valence-electron chi connectivity index (χ0n) is 19.5. The fourth-order valence-corrected chi connectivity index (χ4v) is 6.58. The van der Waals surface area contributed by atoms with Gasteiger partial charge >= 0.3 is 0 Å². The lowest BCUT2D eigenvalue weighted by Gasteiger charge is -2.46. The summed E-state index contributed by atoms with van der Waals surface area (Å²) < 4.78 is 44.0. The molecule has 0 radical (unpaired) electrons. The van der Waals surface area contributed by atoms with E-state index in [1.807, 2.05) is 11.0 Å². The van der Waals surface area contributed by atoms with Gasteiger partial charge in [0.1, 0.15) is 6.67 Å². The van der Waals surface area contributed by atoms with Gasteiger partial charge in [0.15, 0.2) is 9.84 Å². The van der Waals surface area contributed by atoms with Crippen molar-refractivity contribution in [1.82, 2.24) is 0 Å². The topological polar surface area (TPSA) is 108 Å². The van der Waals surface area contributed by atoms with Gasteiger partial charge in [-0.05, 0) is 50.2 Å². The third kappa shape index (κ3) is 3.45. The number of imide groups is 1. The molecule has 2 amide bonds. The van der Waals surface area contributed by atoms with E-state index in [0.29, 0.717) is 5.69 Å². The SMILES string of the molecule is C[C@]12CN(c3cccc(S(C)(=O)=O)c3)C[C@](C)(O1)[C@@H]1C(=O)N(c3ccc(C#N)c(CF)c3)C(=O)[C@@H]12. The molecule has 3 saturated heterocycles. The van der Waals surface area contributed by atoms with Gasteiger partial charge in [-0.3, -0.25) is 9.59 Å². The van der Waals surface area contributed by atoms with Crippen molar-refractivity contribution >= 4 is 33.0 Å². The lowest BCUT2D eigenvalue weighted by Crippen LogP contribution is -2.58. The van der Waals surface area contributed by atoms with Crippen LogP contribution in [0, 0.1) is 23.2 Å². The smallest absolute Gasteiger partial charge is 0.240 e. The van der Waals surface area contributed by atoms with Gasteiger partial charge in [0.25, 0.3) is 0 Å². The molecule has 0 spiro atoms. The molecular weight excluding hydrogens is 473 g/mol. The Balaban J connectivity index is 1.52. The van der Waals surface area contributed by atoms with E-state index in [1.54, 1.807) is 32.0 Å². The summed E-state index contributed by atoms with van der Waals surface area (Å²) in [6, 6.07) is 12.8. The second kappa shape index (κ2) is 7.60. The number of sulfone groups is 1. The predicted molar refractivity (Wildman–Crippen MR) is 125 cm³/mol. The van der Waals surface area contributed by atoms with Crippen LogP contribution >= 0.6 is 0 Å². The van der Waals surface area contributed by atoms with Crippen LogP contribution in [0.2, 0.25) is 0 Å². The second-order valence-corrected chi connectivity index (χ2v) is 11.9. The first kappa shape index (κ1) is 23.5. The minimum Gasteiger partial charge on any atom is -0.366 e. The summed E-state index contributed by atoms with van der Waals surface area (Å²) >= 11 is 0. The molecule has 3 fully saturated rings. The summed E-state index contributed by atoms with van der Waals surface area (Å²) in [5.74, 6) is -2.36. The molecule has 182 valence electrons. The quantitative estimate of drug-likeness (QED) is 0.598. The highest BCUT2D eigenvalue weighted by atomic mass is 32.2. The van der Waals surface area contributed by atoms with Gasteiger partial charge in [0, 0.05) is 30.6 Å². The Hall–Kier alpha value is -3.29. The standard InChI is InChI=1S/C25H24FN3O5S/c1-24-13-28(17-5-4-6-19(10-17)35(3,32)33)14-25(2,34-24)21-20(24)22(30)29(23(21)31)18-8-7-15(12-27)16(9-18)11-26/h4-10,20-21H,11,13-14H2,1-3H3/t20-,21+,24-,25+. The van der Waals surface area contributed by atoms with Crippen LogP contribution in [0.4, 0.5) is 15.8 Å². The molecule has 0 aliphatic carbocycles. The second-order valence-electron chi connectivity index (χ2n) is 9.91. The van der Waals surface area contributed by atoms with Crippen LogP contribution in [0.1, 0.15) is 25.0 Å². The van der Waals surface area contributed by atoms with Crippen molar-refractivity contribution in [3.8, 4) is 6.07 Å². The van der Waals surface area contributed by atoms with Gasteiger partial charge in [0.2, 0.25) is 11.8 Å². The van der Waals surface area contributed by atoms with Crippen molar-refractivity contribution in [2.75, 3.05) is 29.1 Å². The first-order valence-electron chi connectivity index (χ1n) is 11.1. The lowest BCUT2D eigenvalue weighted by molar-refractivity contribution is -0.141. The molecule has 0 saturated carbocycles. The molecule has 10 heteroatoms. The van der Waals surface area contributed by atoms with Gasteiger partial charge in [-0.1, -0.05) is 6.07 Å². The number of carbonyl (C=O) groups excluding carboxylic acids is 2. The van der Waals surface area contributed by atoms with Gasteiger partial charge in [-0.15, -0.1) is 0 Å². The van der Waals surface area contributed by atoms with Gasteiger partial charge in [-0.25, -0.2) is 17.7 Å². The predicted octanol–water partition coefficient (Wildman–Crippen LogP) is 2.60. The fraction of sp³-hybridized carbons (Fsp3) is 0.400. The number of hydrogen-bond acceptors (Lipinski definition) is 7. The number of alkyl halides is 1. The number of rotatable bonds is 4. The number of nitrogens with zero attached hydrogens (tertiary/aromatic N) is 3. The number of nitriles is 1. The van der Waals surface area contributed by atoms with Gasteiger partial charge in [0.05, 0.1) is 45.3 Å². The van der Waals surface area contributed by atoms with Crippen molar-refractivity contribution < 1.29 is 27.1 Å². The third-order valence-electron chi connectivity index (χ3n) is 7.32. The zero-order valence-corrected chi connectivity index (χ0v) is 20.3. The van der Waals surface area contributed by atoms with E-state index in [1.165, 1.54) is 24.3 Å². The number of morpholine rings is 1. The third-order valence-corrected chi connectivity index (χ3v) is 8.43. The van der Waals surface area contributed by atoms with Gasteiger partial charge < -0.3 is 9.64 Å². The normalized spacial score (nSPS) is 29.9. The van der Waals surface area contributed by atoms with Crippen LogP contribution in [-0.4, -0.2) is 50.8 Å². The first-order chi connectivity index (χ1) is 16.4. The van der Waals surface area contributed by atoms with Crippen LogP contribution < -0.4 is 9.80 Å². The van der Waals surface area contributed by atoms with E-state index in [-0.39, 0.29) is 34.8 Å². The minimum atomic E-state index is -3.41. The summed E-state index contributed by atoms with van der Waals surface area (Å²) in [5, 5.41) is 9.18. The molecule has 2 aromatic carbocycles. The van der Waals surface area contributed by atoms with E-state index in [2.05, 4.69) is 0 Å². The van der Waals surface area contributed by atoms with Gasteiger partial charge in [-0.2, -0.15) is 5.26 Å². The molecule has 0 N–H and O–H groups in total. The van der Waals surface area contributed by atoms with Crippen LogP contribution in [0.15, 0.2) is 47.4 Å². The number of ether oxygens (including phenoxy) is 1. The van der Waals surface area contributed by atoms with E-state index < -0.39 is 51.4 Å². The zero-order chi connectivity index (χ0) is 25.3. The van der Waals surface area contributed by atoms with Crippen LogP contribution in [0.25, 0.3) is 0 Å². The molecule has 4 atom stereocenters. The molecule has 0 aromatic heterocycles. The summed E-state index contributed by atoms with van der Waals surface area (Å²) in [6.07, 6.45) is 1.14. The van der Waals surface area contributed by atoms with Crippen molar-refractivity contribution in [2.24, 2.45) is 11.8 Å². The summed E-state index contributed by atoms with van der Waals surface area (Å²) in [5.41, 5.74) is -0.824.